The van der Waals surface area contributed by atoms with Gasteiger partial charge in [-0.25, -0.2) is 0 Å². The van der Waals surface area contributed by atoms with Crippen molar-refractivity contribution in [2.75, 3.05) is 0 Å². The van der Waals surface area contributed by atoms with Gasteiger partial charge in [-0.2, -0.15) is 0 Å². The third kappa shape index (κ3) is 3.80. The second kappa shape index (κ2) is 6.70. The lowest BCUT2D eigenvalue weighted by atomic mass is 10.0. The molecule has 1 amide bonds. The van der Waals surface area contributed by atoms with E-state index in [1.165, 1.54) is 0 Å². The average molecular weight is 365 g/mol. The fourth-order valence-electron chi connectivity index (χ4n) is 1.95. The van der Waals surface area contributed by atoms with Crippen LogP contribution in [-0.4, -0.2) is 5.91 Å². The van der Waals surface area contributed by atoms with Crippen LogP contribution in [0.15, 0.2) is 54.6 Å². The van der Waals surface area contributed by atoms with E-state index in [2.05, 4.69) is 34.8 Å². The maximum Gasteiger partial charge on any atom is 0.251 e. The van der Waals surface area contributed by atoms with Crippen molar-refractivity contribution < 1.29 is 4.79 Å². The van der Waals surface area contributed by atoms with Gasteiger partial charge in [-0.1, -0.05) is 37.3 Å². The van der Waals surface area contributed by atoms with Crippen LogP contribution in [-0.2, 0) is 0 Å². The molecule has 2 aromatic rings. The highest BCUT2D eigenvalue weighted by Gasteiger charge is 2.13. The SMILES string of the molecule is CCC(NC(=O)c1ccc(I)cc1)c1ccccc1. The molecule has 0 aliphatic heterocycles. The predicted octanol–water partition coefficient (Wildman–Crippen LogP) is 4.17. The summed E-state index contributed by atoms with van der Waals surface area (Å²) in [6.07, 6.45) is 0.875. The van der Waals surface area contributed by atoms with Crippen LogP contribution < -0.4 is 5.32 Å². The van der Waals surface area contributed by atoms with Crippen LogP contribution >= 0.6 is 22.6 Å². The van der Waals surface area contributed by atoms with Crippen molar-refractivity contribution in [2.45, 2.75) is 19.4 Å². The van der Waals surface area contributed by atoms with E-state index >= 15 is 0 Å². The third-order valence-electron chi connectivity index (χ3n) is 3.02. The number of hydrogen-bond donors (Lipinski definition) is 1. The van der Waals surface area contributed by atoms with Crippen LogP contribution in [0.5, 0.6) is 0 Å². The maximum atomic E-state index is 12.2. The van der Waals surface area contributed by atoms with Gasteiger partial charge in [-0.15, -0.1) is 0 Å². The molecule has 2 aromatic carbocycles. The molecule has 0 aliphatic rings. The van der Waals surface area contributed by atoms with Crippen LogP contribution in [0.1, 0.15) is 35.3 Å². The van der Waals surface area contributed by atoms with E-state index < -0.39 is 0 Å². The largest absolute Gasteiger partial charge is 0.345 e. The standard InChI is InChI=1S/C16H16INO/c1-2-15(12-6-4-3-5-7-12)18-16(19)13-8-10-14(17)11-9-13/h3-11,15H,2H2,1H3,(H,18,19). The van der Waals surface area contributed by atoms with Crippen molar-refractivity contribution >= 4 is 28.5 Å². The highest BCUT2D eigenvalue weighted by molar-refractivity contribution is 14.1. The van der Waals surface area contributed by atoms with Gasteiger partial charge in [-0.3, -0.25) is 4.79 Å². The first-order chi connectivity index (χ1) is 9.20. The van der Waals surface area contributed by atoms with Crippen molar-refractivity contribution in [3.8, 4) is 0 Å². The minimum absolute atomic E-state index is 0.0212. The summed E-state index contributed by atoms with van der Waals surface area (Å²) in [5, 5.41) is 3.08. The van der Waals surface area contributed by atoms with Gasteiger partial charge >= 0.3 is 0 Å². The van der Waals surface area contributed by atoms with Crippen LogP contribution in [0, 0.1) is 3.57 Å². The van der Waals surface area contributed by atoms with E-state index in [0.717, 1.165) is 15.6 Å². The quantitative estimate of drug-likeness (QED) is 0.810. The first kappa shape index (κ1) is 14.1. The van der Waals surface area contributed by atoms with E-state index in [0.29, 0.717) is 5.56 Å². The van der Waals surface area contributed by atoms with Crippen molar-refractivity contribution in [3.63, 3.8) is 0 Å². The molecule has 2 rings (SSSR count). The Morgan fingerprint density at radius 1 is 1.11 bits per heavy atom. The molecular formula is C16H16INO. The Balaban J connectivity index is 2.10. The summed E-state index contributed by atoms with van der Waals surface area (Å²) in [6, 6.07) is 17.7. The summed E-state index contributed by atoms with van der Waals surface area (Å²) in [4.78, 5) is 12.2. The van der Waals surface area contributed by atoms with E-state index in [1.807, 2.05) is 54.6 Å². The van der Waals surface area contributed by atoms with Gasteiger partial charge in [0.2, 0.25) is 0 Å². The Morgan fingerprint density at radius 2 is 1.74 bits per heavy atom. The summed E-state index contributed by atoms with van der Waals surface area (Å²) in [5.74, 6) is -0.0212. The highest BCUT2D eigenvalue weighted by Crippen LogP contribution is 2.17. The third-order valence-corrected chi connectivity index (χ3v) is 3.74. The summed E-state index contributed by atoms with van der Waals surface area (Å²) in [6.45, 7) is 2.08. The molecule has 0 radical (unpaired) electrons. The average Bonchev–Trinajstić information content (AvgIpc) is 2.46. The minimum atomic E-state index is -0.0212. The zero-order chi connectivity index (χ0) is 13.7. The molecule has 0 saturated carbocycles. The maximum absolute atomic E-state index is 12.2. The number of carbonyl (C=O) groups excluding carboxylic acids is 1. The van der Waals surface area contributed by atoms with E-state index in [9.17, 15) is 4.79 Å². The number of hydrogen-bond acceptors (Lipinski definition) is 1. The van der Waals surface area contributed by atoms with Gasteiger partial charge in [0.15, 0.2) is 0 Å². The molecule has 0 spiro atoms. The second-order valence-corrected chi connectivity index (χ2v) is 5.60. The van der Waals surface area contributed by atoms with Crippen molar-refractivity contribution in [1.82, 2.24) is 5.32 Å². The molecule has 2 nitrogen and oxygen atoms in total. The lowest BCUT2D eigenvalue weighted by Gasteiger charge is -2.17. The Kier molecular flexibility index (Phi) is 4.96. The smallest absolute Gasteiger partial charge is 0.251 e. The zero-order valence-electron chi connectivity index (χ0n) is 10.8. The van der Waals surface area contributed by atoms with E-state index in [4.69, 9.17) is 0 Å². The summed E-state index contributed by atoms with van der Waals surface area (Å²) < 4.78 is 1.13. The zero-order valence-corrected chi connectivity index (χ0v) is 12.9. The number of halogens is 1. The minimum Gasteiger partial charge on any atom is -0.345 e. The number of amides is 1. The molecule has 0 aliphatic carbocycles. The molecule has 0 fully saturated rings. The summed E-state index contributed by atoms with van der Waals surface area (Å²) >= 11 is 2.23. The van der Waals surface area contributed by atoms with Crippen molar-refractivity contribution in [3.05, 3.63) is 69.3 Å². The van der Waals surface area contributed by atoms with Gasteiger partial charge in [-0.05, 0) is 58.8 Å². The lowest BCUT2D eigenvalue weighted by molar-refractivity contribution is 0.0935. The molecule has 3 heteroatoms. The number of carbonyl (C=O) groups is 1. The van der Waals surface area contributed by atoms with Gasteiger partial charge in [0.1, 0.15) is 0 Å². The normalized spacial score (nSPS) is 11.9. The summed E-state index contributed by atoms with van der Waals surface area (Å²) in [5.41, 5.74) is 1.85. The first-order valence-corrected chi connectivity index (χ1v) is 7.40. The van der Waals surface area contributed by atoms with Gasteiger partial charge < -0.3 is 5.32 Å². The molecule has 19 heavy (non-hydrogen) atoms. The molecule has 1 unspecified atom stereocenters. The number of benzene rings is 2. The van der Waals surface area contributed by atoms with Gasteiger partial charge in [0, 0.05) is 9.13 Å². The second-order valence-electron chi connectivity index (χ2n) is 4.35. The van der Waals surface area contributed by atoms with Crippen LogP contribution in [0.4, 0.5) is 0 Å². The highest BCUT2D eigenvalue weighted by atomic mass is 127. The fourth-order valence-corrected chi connectivity index (χ4v) is 2.31. The molecule has 0 heterocycles. The molecule has 98 valence electrons. The Labute approximate surface area is 127 Å². The monoisotopic (exact) mass is 365 g/mol. The van der Waals surface area contributed by atoms with E-state index in [1.54, 1.807) is 0 Å². The topological polar surface area (TPSA) is 29.1 Å². The first-order valence-electron chi connectivity index (χ1n) is 6.32. The fraction of sp³-hybridized carbons (Fsp3) is 0.188. The van der Waals surface area contributed by atoms with Crippen molar-refractivity contribution in [1.29, 1.82) is 0 Å². The van der Waals surface area contributed by atoms with Crippen LogP contribution in [0.25, 0.3) is 0 Å². The van der Waals surface area contributed by atoms with Crippen molar-refractivity contribution in [2.24, 2.45) is 0 Å². The lowest BCUT2D eigenvalue weighted by Crippen LogP contribution is -2.28. The number of nitrogens with one attached hydrogen (secondary N) is 1. The predicted molar refractivity (Wildman–Crippen MR) is 86.1 cm³/mol. The molecule has 0 aromatic heterocycles. The molecular weight excluding hydrogens is 349 g/mol. The van der Waals surface area contributed by atoms with Gasteiger partial charge in [0.05, 0.1) is 6.04 Å². The molecule has 0 bridgehead atoms. The number of rotatable bonds is 4. The summed E-state index contributed by atoms with van der Waals surface area (Å²) in [7, 11) is 0. The Morgan fingerprint density at radius 3 is 2.32 bits per heavy atom. The van der Waals surface area contributed by atoms with Gasteiger partial charge in [0.25, 0.3) is 5.91 Å². The van der Waals surface area contributed by atoms with Crippen LogP contribution in [0.2, 0.25) is 0 Å². The Bertz CT molecular complexity index is 536. The molecule has 0 saturated heterocycles. The van der Waals surface area contributed by atoms with E-state index in [-0.39, 0.29) is 11.9 Å². The Hall–Kier alpha value is -1.36. The molecule has 1 atom stereocenters. The van der Waals surface area contributed by atoms with Crippen LogP contribution in [0.3, 0.4) is 0 Å². The molecule has 1 N–H and O–H groups in total.